The van der Waals surface area contributed by atoms with Gasteiger partial charge in [-0.2, -0.15) is 0 Å². The van der Waals surface area contributed by atoms with Crippen molar-refractivity contribution in [2.75, 3.05) is 0 Å². The van der Waals surface area contributed by atoms with Crippen molar-refractivity contribution < 1.29 is 14.7 Å². The first kappa shape index (κ1) is 12.3. The zero-order chi connectivity index (χ0) is 13.4. The molecule has 0 fully saturated rings. The van der Waals surface area contributed by atoms with Crippen LogP contribution in [-0.2, 0) is 4.79 Å². The number of fused-ring (bicyclic) bond motifs is 2. The van der Waals surface area contributed by atoms with E-state index in [1.54, 1.807) is 23.9 Å². The molecule has 0 amide bonds. The van der Waals surface area contributed by atoms with Crippen LogP contribution in [-0.4, -0.2) is 16.9 Å². The smallest absolute Gasteiger partial charge is 0.377 e. The lowest BCUT2D eigenvalue weighted by atomic mass is 10.1. The molecular weight excluding hydrogens is 280 g/mol. The minimum Gasteiger partial charge on any atom is -0.475 e. The van der Waals surface area contributed by atoms with E-state index in [9.17, 15) is 9.59 Å². The van der Waals surface area contributed by atoms with Gasteiger partial charge in [-0.05, 0) is 24.3 Å². The molecule has 0 unspecified atom stereocenters. The highest BCUT2D eigenvalue weighted by Crippen LogP contribution is 2.49. The summed E-state index contributed by atoms with van der Waals surface area (Å²) in [4.78, 5) is 26.4. The topological polar surface area (TPSA) is 54.4 Å². The fourth-order valence-electron chi connectivity index (χ4n) is 1.84. The van der Waals surface area contributed by atoms with Crippen LogP contribution < -0.4 is 0 Å². The number of carbonyl (C=O) groups excluding carboxylic acids is 1. The van der Waals surface area contributed by atoms with Gasteiger partial charge in [-0.25, -0.2) is 4.79 Å². The molecular formula is C14H8O3S2. The molecule has 1 heterocycles. The number of hydrogen-bond donors (Lipinski definition) is 1. The minimum atomic E-state index is -1.42. The van der Waals surface area contributed by atoms with Crippen LogP contribution in [0, 0.1) is 0 Å². The first-order valence-corrected chi connectivity index (χ1v) is 7.15. The summed E-state index contributed by atoms with van der Waals surface area (Å²) in [5.41, 5.74) is 0.261. The zero-order valence-electron chi connectivity index (χ0n) is 9.62. The highest BCUT2D eigenvalue weighted by atomic mass is 32.2. The Kier molecular flexibility index (Phi) is 3.08. The summed E-state index contributed by atoms with van der Waals surface area (Å²) in [7, 11) is 0. The van der Waals surface area contributed by atoms with Gasteiger partial charge in [0.15, 0.2) is 0 Å². The first-order valence-electron chi connectivity index (χ1n) is 5.52. The largest absolute Gasteiger partial charge is 0.475 e. The predicted octanol–water partition coefficient (Wildman–Crippen LogP) is 3.57. The summed E-state index contributed by atoms with van der Waals surface area (Å²) < 4.78 is 0. The van der Waals surface area contributed by atoms with Gasteiger partial charge in [-0.3, -0.25) is 4.79 Å². The Bertz CT molecular complexity index is 695. The van der Waals surface area contributed by atoms with Crippen LogP contribution in [0.25, 0.3) is 0 Å². The Morgan fingerprint density at radius 2 is 1.47 bits per heavy atom. The second-order valence-electron chi connectivity index (χ2n) is 3.92. The van der Waals surface area contributed by atoms with Crippen LogP contribution in [0.4, 0.5) is 0 Å². The number of Topliss-reactive ketones (excluding diaryl/α,β-unsaturated/α-hetero) is 1. The molecule has 0 saturated carbocycles. The number of ketones is 1. The number of benzene rings is 2. The maximum absolute atomic E-state index is 11.7. The van der Waals surface area contributed by atoms with E-state index in [0.717, 1.165) is 19.6 Å². The lowest BCUT2D eigenvalue weighted by Crippen LogP contribution is -2.14. The monoisotopic (exact) mass is 288 g/mol. The quantitative estimate of drug-likeness (QED) is 0.577. The first-order chi connectivity index (χ1) is 9.16. The lowest BCUT2D eigenvalue weighted by Gasteiger charge is -2.19. The number of carbonyl (C=O) groups is 2. The van der Waals surface area contributed by atoms with Crippen LogP contribution in [0.5, 0.6) is 0 Å². The van der Waals surface area contributed by atoms with E-state index < -0.39 is 11.8 Å². The summed E-state index contributed by atoms with van der Waals surface area (Å²) in [5.74, 6) is -2.28. The van der Waals surface area contributed by atoms with Gasteiger partial charge in [0.2, 0.25) is 0 Å². The molecule has 19 heavy (non-hydrogen) atoms. The summed E-state index contributed by atoms with van der Waals surface area (Å²) in [5, 5.41) is 8.87. The van der Waals surface area contributed by atoms with E-state index in [1.807, 2.05) is 30.3 Å². The van der Waals surface area contributed by atoms with E-state index in [-0.39, 0.29) is 5.56 Å². The normalized spacial score (nSPS) is 12.4. The van der Waals surface area contributed by atoms with Crippen molar-refractivity contribution in [3.63, 3.8) is 0 Å². The van der Waals surface area contributed by atoms with Gasteiger partial charge in [0.25, 0.3) is 5.78 Å². The standard InChI is InChI=1S/C14H8O3S2/c15-12(14(16)17)8-4-3-7-11-13(8)19-10-6-2-1-5-9(10)18-11/h1-7H,(H,16,17). The lowest BCUT2D eigenvalue weighted by molar-refractivity contribution is -0.131. The SMILES string of the molecule is O=C(O)C(=O)c1cccc2c1Sc1ccccc1S2. The Hall–Kier alpha value is -1.72. The van der Waals surface area contributed by atoms with Crippen molar-refractivity contribution in [1.82, 2.24) is 0 Å². The molecule has 0 aromatic heterocycles. The summed E-state index contributed by atoms with van der Waals surface area (Å²) in [6.07, 6.45) is 0. The van der Waals surface area contributed by atoms with Crippen LogP contribution in [0.1, 0.15) is 10.4 Å². The second kappa shape index (κ2) is 4.75. The Labute approximate surface area is 118 Å². The van der Waals surface area contributed by atoms with Gasteiger partial charge in [-0.15, -0.1) is 0 Å². The molecule has 1 aliphatic heterocycles. The fraction of sp³-hybridized carbons (Fsp3) is 0. The van der Waals surface area contributed by atoms with Crippen LogP contribution >= 0.6 is 23.5 Å². The molecule has 3 rings (SSSR count). The molecule has 0 bridgehead atoms. The van der Waals surface area contributed by atoms with Crippen molar-refractivity contribution in [2.24, 2.45) is 0 Å². The molecule has 94 valence electrons. The average molecular weight is 288 g/mol. The Morgan fingerprint density at radius 3 is 2.16 bits per heavy atom. The third-order valence-corrected chi connectivity index (χ3v) is 5.31. The van der Waals surface area contributed by atoms with Crippen LogP contribution in [0.3, 0.4) is 0 Å². The molecule has 1 aliphatic rings. The fourth-order valence-corrected chi connectivity index (χ4v) is 4.22. The van der Waals surface area contributed by atoms with Crippen LogP contribution in [0.2, 0.25) is 0 Å². The molecule has 0 aliphatic carbocycles. The Morgan fingerprint density at radius 1 is 0.842 bits per heavy atom. The average Bonchev–Trinajstić information content (AvgIpc) is 2.43. The highest BCUT2D eigenvalue weighted by molar-refractivity contribution is 8.05. The van der Waals surface area contributed by atoms with Crippen molar-refractivity contribution >= 4 is 35.3 Å². The van der Waals surface area contributed by atoms with Crippen molar-refractivity contribution in [1.29, 1.82) is 0 Å². The Balaban J connectivity index is 2.11. The van der Waals surface area contributed by atoms with Crippen molar-refractivity contribution in [2.45, 2.75) is 19.6 Å². The van der Waals surface area contributed by atoms with E-state index in [2.05, 4.69) is 0 Å². The summed E-state index contributed by atoms with van der Waals surface area (Å²) in [6, 6.07) is 13.1. The molecule has 2 aromatic rings. The summed E-state index contributed by atoms with van der Waals surface area (Å²) >= 11 is 3.01. The van der Waals surface area contributed by atoms with Gasteiger partial charge < -0.3 is 5.11 Å². The van der Waals surface area contributed by atoms with Crippen molar-refractivity contribution in [3.8, 4) is 0 Å². The third kappa shape index (κ3) is 2.15. The number of hydrogen-bond acceptors (Lipinski definition) is 4. The van der Waals surface area contributed by atoms with E-state index in [0.29, 0.717) is 0 Å². The number of carboxylic acids is 1. The van der Waals surface area contributed by atoms with Gasteiger partial charge >= 0.3 is 5.97 Å². The molecule has 0 saturated heterocycles. The molecule has 1 N–H and O–H groups in total. The van der Waals surface area contributed by atoms with E-state index >= 15 is 0 Å². The maximum atomic E-state index is 11.7. The molecule has 0 spiro atoms. The third-order valence-electron chi connectivity index (χ3n) is 2.70. The summed E-state index contributed by atoms with van der Waals surface area (Å²) in [6.45, 7) is 0. The minimum absolute atomic E-state index is 0.261. The number of rotatable bonds is 2. The molecule has 5 heteroatoms. The molecule has 3 nitrogen and oxygen atoms in total. The van der Waals surface area contributed by atoms with Crippen LogP contribution in [0.15, 0.2) is 62.0 Å². The van der Waals surface area contributed by atoms with E-state index in [4.69, 9.17) is 5.11 Å². The van der Waals surface area contributed by atoms with Gasteiger partial charge in [0, 0.05) is 25.1 Å². The van der Waals surface area contributed by atoms with Gasteiger partial charge in [-0.1, -0.05) is 41.7 Å². The molecule has 2 aromatic carbocycles. The maximum Gasteiger partial charge on any atom is 0.377 e. The van der Waals surface area contributed by atoms with Gasteiger partial charge in [0.05, 0.1) is 0 Å². The molecule has 0 radical (unpaired) electrons. The number of aliphatic carboxylic acids is 1. The van der Waals surface area contributed by atoms with Crippen molar-refractivity contribution in [3.05, 3.63) is 48.0 Å². The zero-order valence-corrected chi connectivity index (χ0v) is 11.3. The number of carboxylic acid groups (broad SMARTS) is 1. The second-order valence-corrected chi connectivity index (χ2v) is 6.05. The highest BCUT2D eigenvalue weighted by Gasteiger charge is 2.25. The van der Waals surface area contributed by atoms with Gasteiger partial charge in [0.1, 0.15) is 0 Å². The van der Waals surface area contributed by atoms with E-state index in [1.165, 1.54) is 11.8 Å². The predicted molar refractivity (Wildman–Crippen MR) is 73.1 cm³/mol. The molecule has 0 atom stereocenters.